The number of ketones is 1. The zero-order chi connectivity index (χ0) is 9.26. The summed E-state index contributed by atoms with van der Waals surface area (Å²) in [6, 6.07) is 1.64. The Morgan fingerprint density at radius 2 is 2.15 bits per heavy atom. The molecule has 0 saturated heterocycles. The Labute approximate surface area is 75.0 Å². The van der Waals surface area contributed by atoms with Crippen LogP contribution in [-0.4, -0.2) is 16.7 Å². The lowest BCUT2D eigenvalue weighted by Crippen LogP contribution is -2.09. The van der Waals surface area contributed by atoms with Gasteiger partial charge in [-0.05, 0) is 6.07 Å². The lowest BCUT2D eigenvalue weighted by atomic mass is 10.1. The Kier molecular flexibility index (Phi) is 1.81. The zero-order valence-electron chi connectivity index (χ0n) is 6.91. The second-order valence-electron chi connectivity index (χ2n) is 2.89. The largest absolute Gasteiger partial charge is 0.325 e. The average molecular weight is 176 g/mol. The molecule has 0 saturated carbocycles. The number of amides is 1. The zero-order valence-corrected chi connectivity index (χ0v) is 6.91. The maximum absolute atomic E-state index is 11.4. The molecule has 1 aliphatic rings. The quantitative estimate of drug-likeness (QED) is 0.641. The van der Waals surface area contributed by atoms with Gasteiger partial charge in [0.1, 0.15) is 0 Å². The van der Waals surface area contributed by atoms with Gasteiger partial charge < -0.3 is 5.32 Å². The summed E-state index contributed by atoms with van der Waals surface area (Å²) < 4.78 is 0. The van der Waals surface area contributed by atoms with Crippen LogP contribution in [0.1, 0.15) is 23.2 Å². The van der Waals surface area contributed by atoms with Crippen LogP contribution in [0.4, 0.5) is 5.69 Å². The maximum Gasteiger partial charge on any atom is 0.224 e. The summed E-state index contributed by atoms with van der Waals surface area (Å²) in [6.45, 7) is 0. The number of hydrogen-bond donors (Lipinski definition) is 1. The van der Waals surface area contributed by atoms with E-state index >= 15 is 0 Å². The van der Waals surface area contributed by atoms with Crippen molar-refractivity contribution in [3.8, 4) is 0 Å². The van der Waals surface area contributed by atoms with Gasteiger partial charge in [-0.25, -0.2) is 0 Å². The topological polar surface area (TPSA) is 59.1 Å². The summed E-state index contributed by atoms with van der Waals surface area (Å²) in [4.78, 5) is 26.4. The highest BCUT2D eigenvalue weighted by molar-refractivity contribution is 6.08. The molecule has 0 spiro atoms. The number of fused-ring (bicyclic) bond motifs is 1. The van der Waals surface area contributed by atoms with E-state index < -0.39 is 0 Å². The maximum atomic E-state index is 11.4. The molecule has 1 amide bonds. The molecule has 1 aliphatic heterocycles. The summed E-state index contributed by atoms with van der Waals surface area (Å²) in [5.41, 5.74) is 1.08. The third-order valence-corrected chi connectivity index (χ3v) is 1.97. The molecule has 4 nitrogen and oxygen atoms in total. The number of hydrogen-bond acceptors (Lipinski definition) is 3. The second kappa shape index (κ2) is 2.97. The molecule has 0 bridgehead atoms. The monoisotopic (exact) mass is 176 g/mol. The highest BCUT2D eigenvalue weighted by Gasteiger charge is 2.18. The van der Waals surface area contributed by atoms with Gasteiger partial charge in [0.2, 0.25) is 5.91 Å². The Hall–Kier alpha value is -1.71. The minimum absolute atomic E-state index is 0.0264. The van der Waals surface area contributed by atoms with Crippen molar-refractivity contribution in [1.29, 1.82) is 0 Å². The van der Waals surface area contributed by atoms with Gasteiger partial charge in [0.05, 0.1) is 11.3 Å². The van der Waals surface area contributed by atoms with E-state index in [0.717, 1.165) is 0 Å². The van der Waals surface area contributed by atoms with E-state index in [9.17, 15) is 9.59 Å². The first-order valence-corrected chi connectivity index (χ1v) is 4.04. The fraction of sp³-hybridized carbons (Fsp3) is 0.222. The highest BCUT2D eigenvalue weighted by atomic mass is 16.2. The van der Waals surface area contributed by atoms with Crippen molar-refractivity contribution in [1.82, 2.24) is 4.98 Å². The van der Waals surface area contributed by atoms with Crippen molar-refractivity contribution in [2.24, 2.45) is 0 Å². The Morgan fingerprint density at radius 3 is 3.00 bits per heavy atom. The molecule has 2 rings (SSSR count). The molecule has 0 aromatic carbocycles. The van der Waals surface area contributed by atoms with Crippen molar-refractivity contribution in [2.45, 2.75) is 12.8 Å². The van der Waals surface area contributed by atoms with Gasteiger partial charge in [-0.1, -0.05) is 0 Å². The van der Waals surface area contributed by atoms with Crippen molar-refractivity contribution in [2.75, 3.05) is 5.32 Å². The molecule has 1 aromatic rings. The molecule has 13 heavy (non-hydrogen) atoms. The molecular weight excluding hydrogens is 168 g/mol. The smallest absolute Gasteiger partial charge is 0.224 e. The molecule has 1 N–H and O–H groups in total. The molecule has 1 aromatic heterocycles. The van der Waals surface area contributed by atoms with E-state index in [-0.39, 0.29) is 24.5 Å². The van der Waals surface area contributed by atoms with Gasteiger partial charge in [0.25, 0.3) is 0 Å². The number of carbonyl (C=O) groups is 2. The Bertz CT molecular complexity index is 374. The van der Waals surface area contributed by atoms with Crippen LogP contribution in [0.25, 0.3) is 0 Å². The first-order chi connectivity index (χ1) is 6.27. The molecule has 0 radical (unpaired) electrons. The summed E-state index contributed by atoms with van der Waals surface area (Å²) in [7, 11) is 0. The van der Waals surface area contributed by atoms with E-state index in [1.54, 1.807) is 12.3 Å². The van der Waals surface area contributed by atoms with E-state index in [1.165, 1.54) is 6.20 Å². The van der Waals surface area contributed by atoms with E-state index in [0.29, 0.717) is 11.3 Å². The number of aromatic nitrogens is 1. The van der Waals surface area contributed by atoms with Gasteiger partial charge in [-0.3, -0.25) is 14.6 Å². The fourth-order valence-corrected chi connectivity index (χ4v) is 1.30. The van der Waals surface area contributed by atoms with Crippen LogP contribution in [-0.2, 0) is 4.79 Å². The molecule has 4 heteroatoms. The number of pyridine rings is 1. The first kappa shape index (κ1) is 7.91. The van der Waals surface area contributed by atoms with Crippen molar-refractivity contribution < 1.29 is 9.59 Å². The summed E-state index contributed by atoms with van der Waals surface area (Å²) >= 11 is 0. The van der Waals surface area contributed by atoms with Gasteiger partial charge in [0.15, 0.2) is 5.78 Å². The summed E-state index contributed by atoms with van der Waals surface area (Å²) in [5.74, 6) is -0.139. The Balaban J connectivity index is 2.49. The highest BCUT2D eigenvalue weighted by Crippen LogP contribution is 2.19. The number of nitrogens with zero attached hydrogens (tertiary/aromatic N) is 1. The number of carbonyl (C=O) groups excluding carboxylic acids is 2. The molecule has 0 aliphatic carbocycles. The third kappa shape index (κ3) is 1.42. The molecule has 2 heterocycles. The Morgan fingerprint density at radius 1 is 1.31 bits per heavy atom. The van der Waals surface area contributed by atoms with Crippen LogP contribution >= 0.6 is 0 Å². The van der Waals surface area contributed by atoms with E-state index in [4.69, 9.17) is 0 Å². The average Bonchev–Trinajstić information content (AvgIpc) is 2.27. The van der Waals surface area contributed by atoms with Crippen molar-refractivity contribution in [3.05, 3.63) is 24.0 Å². The minimum Gasteiger partial charge on any atom is -0.325 e. The number of rotatable bonds is 0. The minimum atomic E-state index is -0.113. The predicted molar refractivity (Wildman–Crippen MR) is 46.4 cm³/mol. The number of nitrogens with one attached hydrogen (secondary N) is 1. The van der Waals surface area contributed by atoms with E-state index in [1.807, 2.05) is 0 Å². The predicted octanol–water partition coefficient (Wildman–Crippen LogP) is 0.997. The van der Waals surface area contributed by atoms with Crippen LogP contribution in [0.2, 0.25) is 0 Å². The number of anilines is 1. The van der Waals surface area contributed by atoms with Gasteiger partial charge >= 0.3 is 0 Å². The molecule has 0 fully saturated rings. The second-order valence-corrected chi connectivity index (χ2v) is 2.89. The van der Waals surface area contributed by atoms with Crippen LogP contribution in [0.15, 0.2) is 18.5 Å². The normalized spacial score (nSPS) is 16.0. The standard InChI is InChI=1S/C9H8N2O2/c12-8-1-2-9(13)11-7-3-4-10-5-6(7)8/h3-5H,1-2H2,(H,11,13). The lowest BCUT2D eigenvalue weighted by molar-refractivity contribution is -0.116. The summed E-state index contributed by atoms with van der Waals surface area (Å²) in [6.07, 6.45) is 3.57. The molecule has 0 atom stereocenters. The van der Waals surface area contributed by atoms with Gasteiger partial charge in [-0.2, -0.15) is 0 Å². The van der Waals surface area contributed by atoms with Crippen LogP contribution < -0.4 is 5.32 Å². The van der Waals surface area contributed by atoms with Gasteiger partial charge in [0, 0.05) is 25.2 Å². The SMILES string of the molecule is O=C1CCC(=O)c2cnccc2N1. The summed E-state index contributed by atoms with van der Waals surface area (Å²) in [5, 5.41) is 2.65. The lowest BCUT2D eigenvalue weighted by Gasteiger charge is -2.02. The van der Waals surface area contributed by atoms with Crippen molar-refractivity contribution >= 4 is 17.4 Å². The van der Waals surface area contributed by atoms with E-state index in [2.05, 4.69) is 10.3 Å². The fourth-order valence-electron chi connectivity index (χ4n) is 1.30. The van der Waals surface area contributed by atoms with Crippen LogP contribution in [0.3, 0.4) is 0 Å². The first-order valence-electron chi connectivity index (χ1n) is 4.04. The molecule has 0 unspecified atom stereocenters. The molecular formula is C9H8N2O2. The van der Waals surface area contributed by atoms with Gasteiger partial charge in [-0.15, -0.1) is 0 Å². The van der Waals surface area contributed by atoms with Crippen LogP contribution in [0, 0.1) is 0 Å². The number of Topliss-reactive ketones (excluding diaryl/α,β-unsaturated/α-hetero) is 1. The molecule has 66 valence electrons. The third-order valence-electron chi connectivity index (χ3n) is 1.97. The van der Waals surface area contributed by atoms with Crippen molar-refractivity contribution in [3.63, 3.8) is 0 Å². The van der Waals surface area contributed by atoms with Crippen LogP contribution in [0.5, 0.6) is 0 Å².